The number of hydrogen-bond donors (Lipinski definition) is 0. The van der Waals surface area contributed by atoms with E-state index in [1.165, 1.54) is 19.4 Å². The third-order valence-corrected chi connectivity index (χ3v) is 2.58. The van der Waals surface area contributed by atoms with Crippen molar-refractivity contribution in [3.05, 3.63) is 53.0 Å². The fraction of sp³-hybridized carbons (Fsp3) is 0.154. The van der Waals surface area contributed by atoms with Gasteiger partial charge >= 0.3 is 0 Å². The molecule has 0 aliphatic heterocycles. The number of ether oxygens (including phenoxy) is 1. The molecule has 1 heterocycles. The topological polar surface area (TPSA) is 39.4 Å². The first-order valence-corrected chi connectivity index (χ1v) is 5.16. The predicted molar refractivity (Wildman–Crippen MR) is 59.8 cm³/mol. The van der Waals surface area contributed by atoms with Crippen molar-refractivity contribution in [3.63, 3.8) is 0 Å². The Kier molecular flexibility index (Phi) is 3.14. The number of furan rings is 1. The molecule has 0 fully saturated rings. The monoisotopic (exact) mass is 252 g/mol. The first kappa shape index (κ1) is 12.3. The summed E-state index contributed by atoms with van der Waals surface area (Å²) in [5.74, 6) is -2.34. The first-order chi connectivity index (χ1) is 8.54. The van der Waals surface area contributed by atoms with Crippen LogP contribution in [0.25, 0.3) is 0 Å². The van der Waals surface area contributed by atoms with Gasteiger partial charge in [0.25, 0.3) is 0 Å². The minimum Gasteiger partial charge on any atom is -0.497 e. The van der Waals surface area contributed by atoms with E-state index in [-0.39, 0.29) is 11.3 Å². The quantitative estimate of drug-likeness (QED) is 0.788. The summed E-state index contributed by atoms with van der Waals surface area (Å²) in [5, 5.41) is 0. The highest BCUT2D eigenvalue weighted by Crippen LogP contribution is 2.24. The van der Waals surface area contributed by atoms with E-state index in [9.17, 15) is 13.6 Å². The molecule has 1 aromatic carbocycles. The lowest BCUT2D eigenvalue weighted by Crippen LogP contribution is -2.08. The van der Waals surface area contributed by atoms with Crippen molar-refractivity contribution in [1.82, 2.24) is 0 Å². The standard InChI is InChI=1S/C13H10F2O3/c1-7-9(3-4-18-7)13(16)12-10(14)5-8(17-2)6-11(12)15/h3-6H,1-2H3. The Labute approximate surface area is 102 Å². The number of aryl methyl sites for hydroxylation is 1. The molecule has 0 N–H and O–H groups in total. The Bertz CT molecular complexity index is 579. The molecule has 18 heavy (non-hydrogen) atoms. The zero-order chi connectivity index (χ0) is 13.3. The fourth-order valence-corrected chi connectivity index (χ4v) is 1.64. The van der Waals surface area contributed by atoms with Gasteiger partial charge in [-0.2, -0.15) is 0 Å². The van der Waals surface area contributed by atoms with E-state index in [0.717, 1.165) is 12.1 Å². The van der Waals surface area contributed by atoms with E-state index in [1.807, 2.05) is 0 Å². The molecule has 0 amide bonds. The molecule has 0 atom stereocenters. The van der Waals surface area contributed by atoms with Crippen LogP contribution in [0.1, 0.15) is 21.7 Å². The van der Waals surface area contributed by atoms with Gasteiger partial charge in [0, 0.05) is 12.1 Å². The van der Waals surface area contributed by atoms with Crippen molar-refractivity contribution in [1.29, 1.82) is 0 Å². The second-order valence-corrected chi connectivity index (χ2v) is 3.69. The van der Waals surface area contributed by atoms with E-state index in [0.29, 0.717) is 5.76 Å². The summed E-state index contributed by atoms with van der Waals surface area (Å²) >= 11 is 0. The van der Waals surface area contributed by atoms with Crippen LogP contribution in [0.15, 0.2) is 28.9 Å². The second kappa shape index (κ2) is 4.60. The summed E-state index contributed by atoms with van der Waals surface area (Å²) in [5.41, 5.74) is -0.474. The van der Waals surface area contributed by atoms with Crippen LogP contribution >= 0.6 is 0 Å². The Morgan fingerprint density at radius 2 is 1.89 bits per heavy atom. The Morgan fingerprint density at radius 3 is 2.33 bits per heavy atom. The largest absolute Gasteiger partial charge is 0.497 e. The molecule has 3 nitrogen and oxygen atoms in total. The lowest BCUT2D eigenvalue weighted by Gasteiger charge is -2.06. The molecule has 0 spiro atoms. The van der Waals surface area contributed by atoms with E-state index in [1.54, 1.807) is 6.92 Å². The van der Waals surface area contributed by atoms with Crippen LogP contribution in [0.2, 0.25) is 0 Å². The maximum absolute atomic E-state index is 13.7. The minimum atomic E-state index is -0.961. The van der Waals surface area contributed by atoms with Crippen LogP contribution in [-0.2, 0) is 0 Å². The van der Waals surface area contributed by atoms with Crippen LogP contribution < -0.4 is 4.74 Å². The lowest BCUT2D eigenvalue weighted by atomic mass is 10.0. The fourth-order valence-electron chi connectivity index (χ4n) is 1.64. The van der Waals surface area contributed by atoms with E-state index in [2.05, 4.69) is 0 Å². The zero-order valence-electron chi connectivity index (χ0n) is 9.79. The Balaban J connectivity index is 2.52. The van der Waals surface area contributed by atoms with Crippen molar-refractivity contribution in [2.45, 2.75) is 6.92 Å². The summed E-state index contributed by atoms with van der Waals surface area (Å²) in [6, 6.07) is 3.30. The van der Waals surface area contributed by atoms with Crippen LogP contribution in [0.3, 0.4) is 0 Å². The molecule has 0 saturated carbocycles. The molecule has 94 valence electrons. The summed E-state index contributed by atoms with van der Waals surface area (Å²) in [6.45, 7) is 1.55. The molecular weight excluding hydrogens is 242 g/mol. The van der Waals surface area contributed by atoms with E-state index < -0.39 is 23.0 Å². The molecule has 0 aliphatic carbocycles. The van der Waals surface area contributed by atoms with Crippen molar-refractivity contribution in [2.75, 3.05) is 7.11 Å². The highest BCUT2D eigenvalue weighted by Gasteiger charge is 2.22. The van der Waals surface area contributed by atoms with Gasteiger partial charge in [0.15, 0.2) is 0 Å². The van der Waals surface area contributed by atoms with Gasteiger partial charge in [-0.25, -0.2) is 8.78 Å². The van der Waals surface area contributed by atoms with Crippen molar-refractivity contribution in [2.24, 2.45) is 0 Å². The normalized spacial score (nSPS) is 10.4. The predicted octanol–water partition coefficient (Wildman–Crippen LogP) is 3.11. The zero-order valence-corrected chi connectivity index (χ0v) is 9.79. The van der Waals surface area contributed by atoms with Gasteiger partial charge in [0.2, 0.25) is 5.78 Å². The lowest BCUT2D eigenvalue weighted by molar-refractivity contribution is 0.102. The number of methoxy groups -OCH3 is 1. The van der Waals surface area contributed by atoms with Crippen LogP contribution in [-0.4, -0.2) is 12.9 Å². The van der Waals surface area contributed by atoms with Crippen LogP contribution in [0, 0.1) is 18.6 Å². The summed E-state index contributed by atoms with van der Waals surface area (Å²) in [4.78, 5) is 12.0. The minimum absolute atomic E-state index is 0.0189. The average Bonchev–Trinajstić information content (AvgIpc) is 2.74. The molecule has 0 bridgehead atoms. The van der Waals surface area contributed by atoms with Gasteiger partial charge in [0.05, 0.1) is 24.5 Å². The number of carbonyl (C=O) groups excluding carboxylic acids is 1. The molecule has 0 unspecified atom stereocenters. The number of benzene rings is 1. The van der Waals surface area contributed by atoms with Gasteiger partial charge in [-0.3, -0.25) is 4.79 Å². The molecule has 2 aromatic rings. The smallest absolute Gasteiger partial charge is 0.202 e. The maximum atomic E-state index is 13.7. The summed E-state index contributed by atoms with van der Waals surface area (Å²) in [7, 11) is 1.29. The summed E-state index contributed by atoms with van der Waals surface area (Å²) < 4.78 is 37.1. The van der Waals surface area contributed by atoms with Crippen LogP contribution in [0.4, 0.5) is 8.78 Å². The Hall–Kier alpha value is -2.17. The molecular formula is C13H10F2O3. The number of carbonyl (C=O) groups is 1. The SMILES string of the molecule is COc1cc(F)c(C(=O)c2ccoc2C)c(F)c1. The second-order valence-electron chi connectivity index (χ2n) is 3.69. The molecule has 5 heteroatoms. The van der Waals surface area contributed by atoms with Gasteiger partial charge in [0.1, 0.15) is 23.1 Å². The van der Waals surface area contributed by atoms with Gasteiger partial charge < -0.3 is 9.15 Å². The number of halogens is 2. The van der Waals surface area contributed by atoms with E-state index in [4.69, 9.17) is 9.15 Å². The number of hydrogen-bond acceptors (Lipinski definition) is 3. The molecule has 1 aromatic heterocycles. The van der Waals surface area contributed by atoms with Gasteiger partial charge in [-0.15, -0.1) is 0 Å². The highest BCUT2D eigenvalue weighted by molar-refractivity contribution is 6.10. The number of ketones is 1. The average molecular weight is 252 g/mol. The van der Waals surface area contributed by atoms with Gasteiger partial charge in [-0.05, 0) is 13.0 Å². The van der Waals surface area contributed by atoms with Crippen LogP contribution in [0.5, 0.6) is 5.75 Å². The van der Waals surface area contributed by atoms with Crippen molar-refractivity contribution < 1.29 is 22.7 Å². The number of rotatable bonds is 3. The molecule has 0 radical (unpaired) electrons. The molecule has 2 rings (SSSR count). The first-order valence-electron chi connectivity index (χ1n) is 5.16. The van der Waals surface area contributed by atoms with Gasteiger partial charge in [-0.1, -0.05) is 0 Å². The molecule has 0 saturated heterocycles. The Morgan fingerprint density at radius 1 is 1.28 bits per heavy atom. The van der Waals surface area contributed by atoms with E-state index >= 15 is 0 Å². The van der Waals surface area contributed by atoms with Crippen molar-refractivity contribution >= 4 is 5.78 Å². The third kappa shape index (κ3) is 1.99. The maximum Gasteiger partial charge on any atom is 0.202 e. The third-order valence-electron chi connectivity index (χ3n) is 2.58. The van der Waals surface area contributed by atoms with Crippen molar-refractivity contribution in [3.8, 4) is 5.75 Å². The highest BCUT2D eigenvalue weighted by atomic mass is 19.1. The summed E-state index contributed by atoms with van der Waals surface area (Å²) in [6.07, 6.45) is 1.29. The molecule has 0 aliphatic rings.